The summed E-state index contributed by atoms with van der Waals surface area (Å²) < 4.78 is 37.9. The number of benzene rings is 1. The Kier molecular flexibility index (Phi) is 4.44. The number of alkyl halides is 3. The maximum absolute atomic E-state index is 12.6. The van der Waals surface area contributed by atoms with E-state index in [9.17, 15) is 13.2 Å². The lowest BCUT2D eigenvalue weighted by Crippen LogP contribution is -2.32. The third-order valence-corrected chi connectivity index (χ3v) is 5.17. The molecule has 136 valence electrons. The largest absolute Gasteiger partial charge is 0.416 e. The number of likely N-dealkylation sites (tertiary alicyclic amines) is 1. The van der Waals surface area contributed by atoms with Gasteiger partial charge in [0.05, 0.1) is 5.56 Å². The minimum absolute atomic E-state index is 0.491. The number of piperidine rings is 1. The van der Waals surface area contributed by atoms with Crippen molar-refractivity contribution >= 4 is 11.0 Å². The number of H-pyrrole nitrogens is 1. The first-order chi connectivity index (χ1) is 12.5. The SMILES string of the molecule is FC(F)(F)c1ccc(CN2CCC(c3cnc4[nH]ccc4c3)CC2)cc1. The predicted molar refractivity (Wildman–Crippen MR) is 94.8 cm³/mol. The van der Waals surface area contributed by atoms with Crippen molar-refractivity contribution in [2.75, 3.05) is 13.1 Å². The van der Waals surface area contributed by atoms with Gasteiger partial charge >= 0.3 is 6.18 Å². The number of halogens is 3. The molecular weight excluding hydrogens is 339 g/mol. The average molecular weight is 359 g/mol. The molecule has 4 rings (SSSR count). The third kappa shape index (κ3) is 3.60. The van der Waals surface area contributed by atoms with E-state index < -0.39 is 11.7 Å². The summed E-state index contributed by atoms with van der Waals surface area (Å²) in [5.41, 5.74) is 2.51. The summed E-state index contributed by atoms with van der Waals surface area (Å²) in [4.78, 5) is 9.88. The molecule has 0 unspecified atom stereocenters. The second kappa shape index (κ2) is 6.76. The Hall–Kier alpha value is -2.34. The molecule has 3 heterocycles. The smallest absolute Gasteiger partial charge is 0.346 e. The van der Waals surface area contributed by atoms with Gasteiger partial charge in [0.25, 0.3) is 0 Å². The highest BCUT2D eigenvalue weighted by atomic mass is 19.4. The molecule has 3 nitrogen and oxygen atoms in total. The van der Waals surface area contributed by atoms with Crippen molar-refractivity contribution < 1.29 is 13.2 Å². The van der Waals surface area contributed by atoms with Gasteiger partial charge in [-0.15, -0.1) is 0 Å². The molecular formula is C20H20F3N3. The summed E-state index contributed by atoms with van der Waals surface area (Å²) >= 11 is 0. The standard InChI is InChI=1S/C20H20F3N3/c21-20(22,23)18-3-1-14(2-4-18)13-26-9-6-15(7-10-26)17-11-16-5-8-24-19(16)25-12-17/h1-5,8,11-12,15H,6-7,9-10,13H2,(H,24,25). The van der Waals surface area contributed by atoms with E-state index in [0.717, 1.165) is 42.5 Å². The van der Waals surface area contributed by atoms with Crippen LogP contribution >= 0.6 is 0 Å². The van der Waals surface area contributed by atoms with Crippen LogP contribution in [-0.4, -0.2) is 28.0 Å². The fourth-order valence-electron chi connectivity index (χ4n) is 3.66. The van der Waals surface area contributed by atoms with Gasteiger partial charge in [0, 0.05) is 24.3 Å². The van der Waals surface area contributed by atoms with E-state index in [0.29, 0.717) is 12.5 Å². The number of nitrogens with zero attached hydrogens (tertiary/aromatic N) is 2. The van der Waals surface area contributed by atoms with E-state index in [1.807, 2.05) is 18.5 Å². The van der Waals surface area contributed by atoms with E-state index in [2.05, 4.69) is 20.9 Å². The Balaban J connectivity index is 1.36. The molecule has 0 spiro atoms. The highest BCUT2D eigenvalue weighted by Crippen LogP contribution is 2.31. The van der Waals surface area contributed by atoms with Gasteiger partial charge in [-0.25, -0.2) is 4.98 Å². The van der Waals surface area contributed by atoms with Crippen LogP contribution in [-0.2, 0) is 12.7 Å². The summed E-state index contributed by atoms with van der Waals surface area (Å²) in [6.07, 6.45) is 1.66. The van der Waals surface area contributed by atoms with Crippen LogP contribution in [0.25, 0.3) is 11.0 Å². The highest BCUT2D eigenvalue weighted by Gasteiger charge is 2.30. The number of rotatable bonds is 3. The summed E-state index contributed by atoms with van der Waals surface area (Å²) in [6, 6.07) is 9.73. The summed E-state index contributed by atoms with van der Waals surface area (Å²) in [6.45, 7) is 2.58. The summed E-state index contributed by atoms with van der Waals surface area (Å²) in [5.74, 6) is 0.491. The monoisotopic (exact) mass is 359 g/mol. The zero-order valence-corrected chi connectivity index (χ0v) is 14.3. The van der Waals surface area contributed by atoms with Crippen LogP contribution in [0.15, 0.2) is 48.8 Å². The molecule has 0 atom stereocenters. The molecule has 26 heavy (non-hydrogen) atoms. The van der Waals surface area contributed by atoms with Gasteiger partial charge in [-0.3, -0.25) is 4.90 Å². The summed E-state index contributed by atoms with van der Waals surface area (Å²) in [5, 5.41) is 1.13. The Labute approximate surface area is 149 Å². The highest BCUT2D eigenvalue weighted by molar-refractivity contribution is 5.75. The van der Waals surface area contributed by atoms with E-state index in [-0.39, 0.29) is 0 Å². The second-order valence-electron chi connectivity index (χ2n) is 6.93. The van der Waals surface area contributed by atoms with Gasteiger partial charge in [0.1, 0.15) is 5.65 Å². The molecule has 0 bridgehead atoms. The Morgan fingerprint density at radius 3 is 2.50 bits per heavy atom. The van der Waals surface area contributed by atoms with Crippen molar-refractivity contribution in [3.8, 4) is 0 Å². The number of hydrogen-bond donors (Lipinski definition) is 1. The van der Waals surface area contributed by atoms with Gasteiger partial charge in [-0.05, 0) is 67.2 Å². The van der Waals surface area contributed by atoms with Crippen molar-refractivity contribution in [2.24, 2.45) is 0 Å². The minimum Gasteiger partial charge on any atom is -0.346 e. The van der Waals surface area contributed by atoms with Crippen molar-refractivity contribution in [1.29, 1.82) is 0 Å². The van der Waals surface area contributed by atoms with Gasteiger partial charge in [-0.2, -0.15) is 13.2 Å². The first kappa shape index (κ1) is 17.1. The molecule has 0 aliphatic carbocycles. The Morgan fingerprint density at radius 2 is 1.81 bits per heavy atom. The van der Waals surface area contributed by atoms with Crippen LogP contribution < -0.4 is 0 Å². The van der Waals surface area contributed by atoms with Gasteiger partial charge in [0.15, 0.2) is 0 Å². The molecule has 1 fully saturated rings. The quantitative estimate of drug-likeness (QED) is 0.717. The lowest BCUT2D eigenvalue weighted by molar-refractivity contribution is -0.137. The van der Waals surface area contributed by atoms with Crippen molar-refractivity contribution in [2.45, 2.75) is 31.5 Å². The Bertz CT molecular complexity index is 875. The van der Waals surface area contributed by atoms with Crippen LogP contribution in [0.4, 0.5) is 13.2 Å². The molecule has 6 heteroatoms. The second-order valence-corrected chi connectivity index (χ2v) is 6.93. The third-order valence-electron chi connectivity index (χ3n) is 5.17. The number of fused-ring (bicyclic) bond motifs is 1. The maximum Gasteiger partial charge on any atom is 0.416 e. The normalized spacial score (nSPS) is 17.0. The van der Waals surface area contributed by atoms with E-state index in [4.69, 9.17) is 0 Å². The van der Waals surface area contributed by atoms with Crippen LogP contribution in [0.1, 0.15) is 35.4 Å². The zero-order chi connectivity index (χ0) is 18.1. The van der Waals surface area contributed by atoms with Crippen molar-refractivity contribution in [3.63, 3.8) is 0 Å². The van der Waals surface area contributed by atoms with Crippen molar-refractivity contribution in [3.05, 3.63) is 65.5 Å². The fourth-order valence-corrected chi connectivity index (χ4v) is 3.66. The molecule has 2 aromatic heterocycles. The topological polar surface area (TPSA) is 31.9 Å². The van der Waals surface area contributed by atoms with Gasteiger partial charge in [0.2, 0.25) is 0 Å². The van der Waals surface area contributed by atoms with Crippen LogP contribution in [0, 0.1) is 0 Å². The van der Waals surface area contributed by atoms with Crippen molar-refractivity contribution in [1.82, 2.24) is 14.9 Å². The minimum atomic E-state index is -4.27. The molecule has 1 aromatic carbocycles. The molecule has 0 radical (unpaired) electrons. The number of aromatic nitrogens is 2. The summed E-state index contributed by atoms with van der Waals surface area (Å²) in [7, 11) is 0. The average Bonchev–Trinajstić information content (AvgIpc) is 3.10. The van der Waals surface area contributed by atoms with Crippen LogP contribution in [0.3, 0.4) is 0 Å². The molecule has 0 saturated carbocycles. The van der Waals surface area contributed by atoms with E-state index >= 15 is 0 Å². The molecule has 1 aliphatic rings. The Morgan fingerprint density at radius 1 is 1.08 bits per heavy atom. The van der Waals surface area contributed by atoms with Crippen LogP contribution in [0.2, 0.25) is 0 Å². The molecule has 1 N–H and O–H groups in total. The molecule has 1 aliphatic heterocycles. The van der Waals surface area contributed by atoms with Gasteiger partial charge in [-0.1, -0.05) is 12.1 Å². The molecule has 1 saturated heterocycles. The number of nitrogens with one attached hydrogen (secondary N) is 1. The number of hydrogen-bond acceptors (Lipinski definition) is 2. The zero-order valence-electron chi connectivity index (χ0n) is 14.3. The first-order valence-corrected chi connectivity index (χ1v) is 8.80. The number of pyridine rings is 1. The maximum atomic E-state index is 12.6. The molecule has 0 amide bonds. The lowest BCUT2D eigenvalue weighted by Gasteiger charge is -2.32. The predicted octanol–water partition coefficient (Wildman–Crippen LogP) is 4.96. The lowest BCUT2D eigenvalue weighted by atomic mass is 9.90. The molecule has 3 aromatic rings. The van der Waals surface area contributed by atoms with Crippen LogP contribution in [0.5, 0.6) is 0 Å². The first-order valence-electron chi connectivity index (χ1n) is 8.80. The van der Waals surface area contributed by atoms with E-state index in [1.165, 1.54) is 17.7 Å². The fraction of sp³-hybridized carbons (Fsp3) is 0.350. The number of aromatic amines is 1. The van der Waals surface area contributed by atoms with Gasteiger partial charge < -0.3 is 4.98 Å². The van der Waals surface area contributed by atoms with E-state index in [1.54, 1.807) is 12.1 Å².